The van der Waals surface area contributed by atoms with Crippen molar-refractivity contribution in [1.29, 1.82) is 0 Å². The molecule has 1 saturated heterocycles. The van der Waals surface area contributed by atoms with Gasteiger partial charge in [-0.1, -0.05) is 92.3 Å². The van der Waals surface area contributed by atoms with Crippen LogP contribution in [0.4, 0.5) is 0 Å². The molecule has 26 nitrogen and oxygen atoms in total. The van der Waals surface area contributed by atoms with E-state index in [0.29, 0.717) is 113 Å². The summed E-state index contributed by atoms with van der Waals surface area (Å²) in [5.74, 6) is 0.354. The summed E-state index contributed by atoms with van der Waals surface area (Å²) >= 11 is 12.3. The molecule has 0 aromatic carbocycles. The van der Waals surface area contributed by atoms with Crippen LogP contribution in [0.3, 0.4) is 0 Å². The van der Waals surface area contributed by atoms with Gasteiger partial charge in [-0.25, -0.2) is 0 Å². The van der Waals surface area contributed by atoms with Crippen molar-refractivity contribution >= 4 is 190 Å². The Kier molecular flexibility index (Phi) is 32.3. The second-order valence-electron chi connectivity index (χ2n) is 39.2. The fourth-order valence-electron chi connectivity index (χ4n) is 21.7. The highest BCUT2D eigenvalue weighted by Gasteiger charge is 2.48. The Balaban J connectivity index is 0.000000112. The van der Waals surface area contributed by atoms with Gasteiger partial charge < -0.3 is 39.6 Å². The van der Waals surface area contributed by atoms with E-state index in [0.717, 1.165) is 248 Å². The van der Waals surface area contributed by atoms with Gasteiger partial charge in [-0.2, -0.15) is 11.3 Å². The molecule has 1 N–H and O–H groups in total. The molecule has 8 aromatic heterocycles. The number of fused-ring (bicyclic) bond motifs is 8. The van der Waals surface area contributed by atoms with Crippen LogP contribution in [0.5, 0.6) is 0 Å². The van der Waals surface area contributed by atoms with Crippen molar-refractivity contribution in [3.05, 3.63) is 260 Å². The van der Waals surface area contributed by atoms with Crippen LogP contribution in [0, 0.1) is 6.92 Å². The largest absolute Gasteiger partial charge is 0.328 e. The molecular formula is C109H115N9O17S8. The summed E-state index contributed by atoms with van der Waals surface area (Å²) in [6.07, 6.45) is 22.9. The van der Waals surface area contributed by atoms with Crippen molar-refractivity contribution < 1.29 is 81.5 Å². The number of amides is 10. The topological polar surface area (TPSA) is 328 Å². The molecule has 10 amide bonds. The first-order valence-electron chi connectivity index (χ1n) is 49.0. The van der Waals surface area contributed by atoms with E-state index in [4.69, 9.17) is 0 Å². The van der Waals surface area contributed by atoms with Crippen LogP contribution in [0.1, 0.15) is 326 Å². The number of hydrogen-bond acceptors (Lipinski definition) is 25. The predicted molar refractivity (Wildman–Crippen MR) is 555 cm³/mol. The summed E-state index contributed by atoms with van der Waals surface area (Å²) < 4.78 is 0. The fraction of sp³-hybridized carbons (Fsp3) is 0.422. The van der Waals surface area contributed by atoms with E-state index >= 15 is 0 Å². The lowest BCUT2D eigenvalue weighted by Crippen LogP contribution is -2.44. The summed E-state index contributed by atoms with van der Waals surface area (Å²) in [4.78, 5) is 227. The zero-order valence-electron chi connectivity index (χ0n) is 80.2. The SMILES string of the molecule is C=C1CCC[C@@H](N2Cc3sccc3C2=O)C(=O)C1.C=C1CCC[C@H](N2C(=O)c3ccsc3C2=O)C(=O)C1.C=C1CCC[C@H](N2Cc3c(csc3C)C2=O)C(=O)C1.C=C1CCC[C@H](N2Cc3ccsc3C2=O)C(=O)C1.C=C1CCC[C@H](N2Cc3cscc3C2=O)C(=O)C1.C=C1CCC[C@H](N2Cc3sccc3C2=O)C(=O)C1.C=C1C[C@H](N2Cc3sccc3C2=O)C(=O)N1.O=C1CCCCC[C@@H]1N1Cc2sccc2C1=O. The second kappa shape index (κ2) is 44.9. The van der Waals surface area contributed by atoms with E-state index in [2.05, 4.69) is 51.4 Å². The molecule has 17 heterocycles. The van der Waals surface area contributed by atoms with Crippen LogP contribution < -0.4 is 5.32 Å². The van der Waals surface area contributed by atoms with Gasteiger partial charge in [0.2, 0.25) is 5.91 Å². The quantitative estimate of drug-likeness (QED) is 0.0839. The van der Waals surface area contributed by atoms with E-state index in [-0.39, 0.29) is 148 Å². The number of ketones is 7. The molecule has 8 fully saturated rings. The van der Waals surface area contributed by atoms with E-state index in [1.54, 1.807) is 114 Å². The monoisotopic (exact) mass is 2080 g/mol. The highest BCUT2D eigenvalue weighted by Crippen LogP contribution is 2.43. The molecule has 7 saturated carbocycles. The highest BCUT2D eigenvalue weighted by molar-refractivity contribution is 7.13. The summed E-state index contributed by atoms with van der Waals surface area (Å²) in [6, 6.07) is 8.71. The maximum absolute atomic E-state index is 12.4. The van der Waals surface area contributed by atoms with Gasteiger partial charge in [0.1, 0.15) is 10.9 Å². The van der Waals surface area contributed by atoms with E-state index < -0.39 is 6.04 Å². The number of allylic oxidation sites excluding steroid dienone is 6. The Labute approximate surface area is 863 Å². The molecule has 0 radical (unpaired) electrons. The normalized spacial score (nSPS) is 24.2. The number of imide groups is 1. The first-order chi connectivity index (χ1) is 68.8. The number of nitrogens with zero attached hydrogens (tertiary/aromatic N) is 8. The van der Waals surface area contributed by atoms with Crippen molar-refractivity contribution in [3.8, 4) is 0 Å². The Hall–Kier alpha value is -11.6. The lowest BCUT2D eigenvalue weighted by molar-refractivity contribution is -0.124. The molecule has 16 aliphatic rings. The molecule has 8 atom stereocenters. The number of aryl methyl sites for hydroxylation is 1. The van der Waals surface area contributed by atoms with Gasteiger partial charge in [0.25, 0.3) is 53.2 Å². The number of Topliss-reactive ketones (excluding diaryl/α,β-unsaturated/α-hetero) is 7. The van der Waals surface area contributed by atoms with E-state index in [9.17, 15) is 81.5 Å². The fourth-order valence-corrected chi connectivity index (χ4v) is 28.5. The molecule has 7 aliphatic carbocycles. The first-order valence-corrected chi connectivity index (χ1v) is 56.1. The van der Waals surface area contributed by atoms with E-state index in [1.807, 2.05) is 80.3 Å². The average Bonchev–Trinajstić information content (AvgIpc) is 1.61. The molecular weight excluding hydrogens is 1960 g/mol. The van der Waals surface area contributed by atoms with Crippen molar-refractivity contribution in [2.45, 2.75) is 294 Å². The van der Waals surface area contributed by atoms with Gasteiger partial charge in [-0.05, 0) is 226 Å². The van der Waals surface area contributed by atoms with Crippen LogP contribution in [0.25, 0.3) is 0 Å². The molecule has 0 spiro atoms. The lowest BCUT2D eigenvalue weighted by Gasteiger charge is -2.25. The van der Waals surface area contributed by atoms with Gasteiger partial charge in [0.15, 0.2) is 40.5 Å². The Morgan fingerprint density at radius 2 is 0.608 bits per heavy atom. The minimum atomic E-state index is -0.612. The zero-order valence-corrected chi connectivity index (χ0v) is 86.7. The Morgan fingerprint density at radius 3 is 1.00 bits per heavy atom. The first kappa shape index (κ1) is 103. The molecule has 34 heteroatoms. The highest BCUT2D eigenvalue weighted by atomic mass is 32.1. The van der Waals surface area contributed by atoms with Crippen LogP contribution in [0.15, 0.2) is 170 Å². The van der Waals surface area contributed by atoms with Crippen molar-refractivity contribution in [2.75, 3.05) is 0 Å². The van der Waals surface area contributed by atoms with Crippen LogP contribution in [-0.4, -0.2) is 187 Å². The second-order valence-corrected chi connectivity index (χ2v) is 46.8. The lowest BCUT2D eigenvalue weighted by atomic mass is 10.1. The predicted octanol–water partition coefficient (Wildman–Crippen LogP) is 20.3. The molecule has 746 valence electrons. The zero-order chi connectivity index (χ0) is 101. The van der Waals surface area contributed by atoms with Crippen molar-refractivity contribution in [1.82, 2.24) is 44.5 Å². The number of thiophene rings is 8. The van der Waals surface area contributed by atoms with Gasteiger partial charge >= 0.3 is 0 Å². The summed E-state index contributed by atoms with van der Waals surface area (Å²) in [5.41, 5.74) is 15.0. The minimum Gasteiger partial charge on any atom is -0.328 e. The summed E-state index contributed by atoms with van der Waals surface area (Å²) in [6.45, 7) is 33.4. The van der Waals surface area contributed by atoms with Crippen molar-refractivity contribution in [2.24, 2.45) is 0 Å². The third-order valence-corrected chi connectivity index (χ3v) is 36.6. The number of carbonyl (C=O) groups is 17. The molecule has 24 rings (SSSR count). The smallest absolute Gasteiger partial charge is 0.272 e. The molecule has 9 aliphatic heterocycles. The number of nitrogens with one attached hydrogen (secondary N) is 1. The summed E-state index contributed by atoms with van der Waals surface area (Å²) in [5, 5.41) is 19.9. The molecule has 0 unspecified atom stereocenters. The molecule has 143 heavy (non-hydrogen) atoms. The number of carbonyl (C=O) groups excluding carboxylic acids is 17. The van der Waals surface area contributed by atoms with Gasteiger partial charge in [-0.3, -0.25) is 86.4 Å². The van der Waals surface area contributed by atoms with Crippen LogP contribution in [-0.2, 0) is 84.2 Å². The minimum absolute atomic E-state index is 0.0251. The molecule has 0 bridgehead atoms. The number of rotatable bonds is 8. The van der Waals surface area contributed by atoms with Crippen molar-refractivity contribution in [3.63, 3.8) is 0 Å². The van der Waals surface area contributed by atoms with Crippen LogP contribution in [0.2, 0.25) is 0 Å². The third kappa shape index (κ3) is 22.2. The van der Waals surface area contributed by atoms with Gasteiger partial charge in [0.05, 0.1) is 112 Å². The standard InChI is InChI=1S/C15H17NO2S.C14H13NO3S.4C14H15NO2S.C13H15NO2S.C11H10N2O2S/c1-9-4-3-5-13(14(17)6-9)16-7-11-10(2)19-8-12(11)15(16)18;1-8-3-2-4-10(11(16)7-8)15-13(17)9-5-6-19-12(9)14(15)18;1-9-3-2-4-12(13(16)5-9)15-6-10-7-18-8-11(10)14(15)17;2*1-9-3-2-4-11(12(16)7-9)15-8-13-10(14(15)17)5-6-18-13;1-9-3-2-4-11(12(16)7-9)15-8-10-5-6-18-13(10)14(15)17;15-11-5-3-1-2-4-10(11)14-8-12-9(13(14)16)6-7-17-12;1-6-4-8(10(14)12-6)13-5-9-7(11(13)15)2-3-16-9/h8,13H,1,3-7H2,2H3;5-6,10H,1-4,7H2;7-8,12H,1-6H2;3*5-6,11H,1-4,7-8H2;6-7,10H,1-5,8H2;2-3,8H,1,4-5H2,(H,12,14)/t13-;10-;12-;3*11-;10-;8-/m00010000/s1. The maximum atomic E-state index is 12.4. The Morgan fingerprint density at radius 1 is 0.273 bits per heavy atom. The average molecular weight is 2080 g/mol. The third-order valence-electron chi connectivity index (χ3n) is 29.4. The van der Waals surface area contributed by atoms with Gasteiger partial charge in [-0.15, -0.1) is 79.4 Å². The van der Waals surface area contributed by atoms with Gasteiger partial charge in [0, 0.05) is 112 Å². The Bertz CT molecular complexity index is 6170. The van der Waals surface area contributed by atoms with Crippen LogP contribution >= 0.6 is 90.7 Å². The number of hydrogen-bond donors (Lipinski definition) is 1. The molecule has 8 aromatic rings. The van der Waals surface area contributed by atoms with E-state index in [1.165, 1.54) is 27.6 Å². The maximum Gasteiger partial charge on any atom is 0.272 e. The summed E-state index contributed by atoms with van der Waals surface area (Å²) in [7, 11) is 0.